The van der Waals surface area contributed by atoms with Crippen molar-refractivity contribution in [3.63, 3.8) is 0 Å². The van der Waals surface area contributed by atoms with Crippen molar-refractivity contribution in [1.29, 1.82) is 0 Å². The third kappa shape index (κ3) is 3.07. The number of aryl methyl sites for hydroxylation is 1. The summed E-state index contributed by atoms with van der Waals surface area (Å²) < 4.78 is 0. The number of rotatable bonds is 3. The highest BCUT2D eigenvalue weighted by Gasteiger charge is 2.45. The molecule has 4 heteroatoms. The average molecular weight is 335 g/mol. The first-order valence-electron chi connectivity index (χ1n) is 9.29. The molecule has 4 nitrogen and oxygen atoms in total. The second-order valence-electron chi connectivity index (χ2n) is 7.10. The summed E-state index contributed by atoms with van der Waals surface area (Å²) in [5.74, 6) is 0.954. The molecule has 1 N–H and O–H groups in total. The van der Waals surface area contributed by atoms with Crippen molar-refractivity contribution in [2.45, 2.75) is 31.7 Å². The lowest BCUT2D eigenvalue weighted by molar-refractivity contribution is 0.0691. The van der Waals surface area contributed by atoms with Crippen molar-refractivity contribution >= 4 is 5.91 Å². The molecule has 3 heterocycles. The smallest absolute Gasteiger partial charge is 0.272 e. The number of benzene rings is 1. The van der Waals surface area contributed by atoms with Crippen molar-refractivity contribution in [2.75, 3.05) is 19.6 Å². The van der Waals surface area contributed by atoms with Crippen LogP contribution in [-0.4, -0.2) is 41.5 Å². The number of pyridine rings is 1. The lowest BCUT2D eigenvalue weighted by Crippen LogP contribution is -2.46. The van der Waals surface area contributed by atoms with Crippen LogP contribution in [0.25, 0.3) is 0 Å². The van der Waals surface area contributed by atoms with Gasteiger partial charge in [-0.1, -0.05) is 37.3 Å². The fourth-order valence-electron chi connectivity index (χ4n) is 4.37. The minimum absolute atomic E-state index is 0.0742. The predicted octanol–water partition coefficient (Wildman–Crippen LogP) is 2.86. The normalized spacial score (nSPS) is 25.6. The van der Waals surface area contributed by atoms with Gasteiger partial charge in [0.05, 0.1) is 0 Å². The Kier molecular flexibility index (Phi) is 4.53. The van der Waals surface area contributed by atoms with E-state index in [2.05, 4.69) is 46.4 Å². The van der Waals surface area contributed by atoms with E-state index in [1.165, 1.54) is 11.1 Å². The molecule has 1 aromatic carbocycles. The van der Waals surface area contributed by atoms with Gasteiger partial charge in [0.2, 0.25) is 0 Å². The fraction of sp³-hybridized carbons (Fsp3) is 0.429. The van der Waals surface area contributed by atoms with Gasteiger partial charge >= 0.3 is 0 Å². The number of hydrogen-bond acceptors (Lipinski definition) is 3. The predicted molar refractivity (Wildman–Crippen MR) is 98.6 cm³/mol. The maximum atomic E-state index is 13.0. The van der Waals surface area contributed by atoms with Gasteiger partial charge in [-0.15, -0.1) is 0 Å². The molecule has 25 heavy (non-hydrogen) atoms. The van der Waals surface area contributed by atoms with Gasteiger partial charge in [-0.2, -0.15) is 0 Å². The quantitative estimate of drug-likeness (QED) is 0.938. The molecule has 0 bridgehead atoms. The van der Waals surface area contributed by atoms with Crippen LogP contribution in [0, 0.1) is 5.92 Å². The van der Waals surface area contributed by atoms with E-state index in [1.807, 2.05) is 18.2 Å². The van der Waals surface area contributed by atoms with Gasteiger partial charge in [-0.05, 0) is 42.6 Å². The molecule has 0 saturated carbocycles. The number of amides is 1. The molecular weight excluding hydrogens is 310 g/mol. The molecule has 0 unspecified atom stereocenters. The third-order valence-electron chi connectivity index (χ3n) is 5.76. The van der Waals surface area contributed by atoms with Crippen molar-refractivity contribution in [3.05, 3.63) is 65.5 Å². The maximum Gasteiger partial charge on any atom is 0.272 e. The number of hydrogen-bond donors (Lipinski definition) is 1. The van der Waals surface area contributed by atoms with Crippen LogP contribution >= 0.6 is 0 Å². The van der Waals surface area contributed by atoms with Crippen molar-refractivity contribution < 1.29 is 4.79 Å². The zero-order chi connectivity index (χ0) is 17.2. The van der Waals surface area contributed by atoms with Crippen molar-refractivity contribution in [2.24, 2.45) is 5.92 Å². The van der Waals surface area contributed by atoms with E-state index in [4.69, 9.17) is 0 Å². The number of likely N-dealkylation sites (tertiary alicyclic amines) is 1. The van der Waals surface area contributed by atoms with Crippen molar-refractivity contribution in [1.82, 2.24) is 15.2 Å². The molecule has 1 amide bonds. The Balaban J connectivity index is 1.62. The monoisotopic (exact) mass is 335 g/mol. The molecule has 130 valence electrons. The topological polar surface area (TPSA) is 45.2 Å². The van der Waals surface area contributed by atoms with Gasteiger partial charge in [0.15, 0.2) is 0 Å². The second-order valence-corrected chi connectivity index (χ2v) is 7.10. The number of nitrogens with zero attached hydrogens (tertiary/aromatic N) is 2. The lowest BCUT2D eigenvalue weighted by atomic mass is 9.82. The zero-order valence-electron chi connectivity index (χ0n) is 14.7. The second kappa shape index (κ2) is 6.96. The molecule has 2 fully saturated rings. The van der Waals surface area contributed by atoms with E-state index in [9.17, 15) is 4.79 Å². The minimum Gasteiger partial charge on any atom is -0.333 e. The first-order valence-corrected chi connectivity index (χ1v) is 9.29. The summed E-state index contributed by atoms with van der Waals surface area (Å²) in [7, 11) is 0. The van der Waals surface area contributed by atoms with Gasteiger partial charge in [0.25, 0.3) is 5.91 Å². The largest absolute Gasteiger partial charge is 0.333 e. The van der Waals surface area contributed by atoms with Crippen LogP contribution in [0.4, 0.5) is 0 Å². The molecule has 1 aromatic heterocycles. The summed E-state index contributed by atoms with van der Waals surface area (Å²) in [6.07, 6.45) is 3.78. The zero-order valence-corrected chi connectivity index (χ0v) is 14.7. The summed E-state index contributed by atoms with van der Waals surface area (Å²) in [5.41, 5.74) is 3.27. The summed E-state index contributed by atoms with van der Waals surface area (Å²) in [5, 5.41) is 3.52. The fourth-order valence-corrected chi connectivity index (χ4v) is 4.37. The summed E-state index contributed by atoms with van der Waals surface area (Å²) >= 11 is 0. The number of carbonyl (C=O) groups excluding carboxylic acids is 1. The molecule has 0 spiro atoms. The Morgan fingerprint density at radius 2 is 2.08 bits per heavy atom. The highest BCUT2D eigenvalue weighted by Crippen LogP contribution is 2.40. The first-order chi connectivity index (χ1) is 12.3. The molecule has 4 rings (SSSR count). The average Bonchev–Trinajstić information content (AvgIpc) is 3.08. The highest BCUT2D eigenvalue weighted by molar-refractivity contribution is 5.92. The maximum absolute atomic E-state index is 13.0. The number of piperidine rings is 1. The molecule has 2 aliphatic heterocycles. The number of carbonyl (C=O) groups is 1. The molecule has 2 aliphatic rings. The van der Waals surface area contributed by atoms with Crippen LogP contribution in [-0.2, 0) is 6.42 Å². The van der Waals surface area contributed by atoms with Gasteiger partial charge in [0, 0.05) is 37.2 Å². The van der Waals surface area contributed by atoms with Gasteiger partial charge in [-0.25, -0.2) is 0 Å². The minimum atomic E-state index is 0.0742. The number of fused-ring (bicyclic) bond motifs is 1. The van der Waals surface area contributed by atoms with E-state index < -0.39 is 0 Å². The molecule has 0 radical (unpaired) electrons. The Bertz CT molecular complexity index is 729. The van der Waals surface area contributed by atoms with E-state index in [0.717, 1.165) is 32.5 Å². The summed E-state index contributed by atoms with van der Waals surface area (Å²) in [4.78, 5) is 19.4. The van der Waals surface area contributed by atoms with Gasteiger partial charge in [0.1, 0.15) is 5.69 Å². The molecule has 0 aliphatic carbocycles. The molecule has 2 aromatic rings. The van der Waals surface area contributed by atoms with Crippen LogP contribution in [0.15, 0.2) is 48.7 Å². The Morgan fingerprint density at radius 3 is 2.80 bits per heavy atom. The van der Waals surface area contributed by atoms with Crippen LogP contribution in [0.2, 0.25) is 0 Å². The first kappa shape index (κ1) is 16.3. The Labute approximate surface area is 149 Å². The van der Waals surface area contributed by atoms with Gasteiger partial charge in [-0.3, -0.25) is 9.78 Å². The number of aromatic nitrogens is 1. The molecular formula is C21H25N3O. The van der Waals surface area contributed by atoms with E-state index in [-0.39, 0.29) is 5.91 Å². The number of nitrogens with one attached hydrogen (secondary N) is 1. The standard InChI is InChI=1S/C21H25N3O/c1-2-15-6-8-16(9-7-15)18-14-24(20-10-12-22-13-17(18)20)21(25)19-5-3-4-11-23-19/h3-9,11,17-18,20,22H,2,10,12-14H2,1H3/t17-,18-,20-/m1/s1. The van der Waals surface area contributed by atoms with E-state index in [0.29, 0.717) is 23.6 Å². The van der Waals surface area contributed by atoms with Crippen LogP contribution < -0.4 is 5.32 Å². The summed E-state index contributed by atoms with van der Waals surface area (Å²) in [6, 6.07) is 14.8. The highest BCUT2D eigenvalue weighted by atomic mass is 16.2. The Hall–Kier alpha value is -2.20. The third-order valence-corrected chi connectivity index (χ3v) is 5.76. The van der Waals surface area contributed by atoms with Crippen molar-refractivity contribution in [3.8, 4) is 0 Å². The molecule has 3 atom stereocenters. The lowest BCUT2D eigenvalue weighted by Gasteiger charge is -2.32. The van der Waals surface area contributed by atoms with Crippen LogP contribution in [0.3, 0.4) is 0 Å². The van der Waals surface area contributed by atoms with Crippen LogP contribution in [0.5, 0.6) is 0 Å². The molecule has 2 saturated heterocycles. The SMILES string of the molecule is CCc1ccc([C@H]2CN(C(=O)c3ccccn3)[C@@H]3CCNC[C@H]23)cc1. The van der Waals surface area contributed by atoms with E-state index >= 15 is 0 Å². The van der Waals surface area contributed by atoms with Crippen LogP contribution in [0.1, 0.15) is 40.9 Å². The van der Waals surface area contributed by atoms with E-state index in [1.54, 1.807) is 6.20 Å². The Morgan fingerprint density at radius 1 is 1.24 bits per heavy atom. The van der Waals surface area contributed by atoms with Gasteiger partial charge < -0.3 is 10.2 Å². The summed E-state index contributed by atoms with van der Waals surface area (Å²) in [6.45, 7) is 4.93.